The van der Waals surface area contributed by atoms with E-state index in [1.54, 1.807) is 11.3 Å². The normalized spacial score (nSPS) is 12.5. The molecular weight excluding hydrogens is 432 g/mol. The van der Waals surface area contributed by atoms with Crippen LogP contribution in [0.2, 0.25) is 5.02 Å². The maximum atomic E-state index is 5.94. The third-order valence-corrected chi connectivity index (χ3v) is 5.57. The second kappa shape index (κ2) is 7.23. The molecule has 0 atom stereocenters. The molecule has 1 N–H and O–H groups in total. The zero-order chi connectivity index (χ0) is 18.1. The molecule has 2 aromatic carbocycles. The van der Waals surface area contributed by atoms with E-state index < -0.39 is 0 Å². The first-order chi connectivity index (χ1) is 12.6. The van der Waals surface area contributed by atoms with Crippen molar-refractivity contribution in [2.24, 2.45) is 10.1 Å². The molecule has 2 heterocycles. The monoisotopic (exact) mass is 444 g/mol. The summed E-state index contributed by atoms with van der Waals surface area (Å²) in [6, 6.07) is 13.6. The minimum absolute atomic E-state index is 0.697. The number of benzene rings is 2. The van der Waals surface area contributed by atoms with E-state index in [0.29, 0.717) is 5.02 Å². The molecule has 0 aliphatic rings. The van der Waals surface area contributed by atoms with Crippen LogP contribution in [-0.4, -0.2) is 15.9 Å². The highest BCUT2D eigenvalue weighted by Gasteiger charge is 2.04. The third-order valence-electron chi connectivity index (χ3n) is 3.89. The number of halogens is 2. The highest BCUT2D eigenvalue weighted by Crippen LogP contribution is 2.21. The van der Waals surface area contributed by atoms with Gasteiger partial charge in [-0.1, -0.05) is 27.5 Å². The molecular formula is C19H14BrClN4S. The van der Waals surface area contributed by atoms with Crippen LogP contribution in [0.3, 0.4) is 0 Å². The van der Waals surface area contributed by atoms with Crippen LogP contribution in [-0.2, 0) is 0 Å². The van der Waals surface area contributed by atoms with Crippen molar-refractivity contribution in [3.8, 4) is 0 Å². The Hall–Kier alpha value is -2.15. The summed E-state index contributed by atoms with van der Waals surface area (Å²) in [5.74, 6) is 0. The predicted octanol–water partition coefficient (Wildman–Crippen LogP) is 5.87. The quantitative estimate of drug-likeness (QED) is 0.383. The minimum Gasteiger partial charge on any atom is -0.361 e. The molecule has 0 fully saturated rings. The van der Waals surface area contributed by atoms with Gasteiger partial charge in [-0.2, -0.15) is 5.10 Å². The Morgan fingerprint density at radius 3 is 2.81 bits per heavy atom. The fourth-order valence-corrected chi connectivity index (χ4v) is 3.88. The van der Waals surface area contributed by atoms with Crippen molar-refractivity contribution >= 4 is 61.7 Å². The summed E-state index contributed by atoms with van der Waals surface area (Å²) in [4.78, 5) is 8.75. The Balaban J connectivity index is 1.74. The number of fused-ring (bicyclic) bond motifs is 1. The molecule has 130 valence electrons. The smallest absolute Gasteiger partial charge is 0.211 e. The van der Waals surface area contributed by atoms with Crippen LogP contribution in [0.25, 0.3) is 10.9 Å². The molecule has 2 aromatic heterocycles. The van der Waals surface area contributed by atoms with E-state index in [9.17, 15) is 0 Å². The molecule has 0 saturated heterocycles. The fraction of sp³-hybridized carbons (Fsp3) is 0.0526. The highest BCUT2D eigenvalue weighted by atomic mass is 79.9. The van der Waals surface area contributed by atoms with Gasteiger partial charge in [-0.3, -0.25) is 0 Å². The molecule has 26 heavy (non-hydrogen) atoms. The van der Waals surface area contributed by atoms with Crippen molar-refractivity contribution in [1.29, 1.82) is 0 Å². The van der Waals surface area contributed by atoms with Crippen LogP contribution in [0, 0.1) is 6.92 Å². The standard InChI is InChI=1S/C19H14BrClN4S/c1-12-11-26-19(24-16-5-3-15(21)4-6-16)25(12)23-10-13-9-22-18-7-2-14(20)8-17(13)18/h2-11,22H,1H3. The molecule has 4 rings (SSSR count). The average Bonchev–Trinajstić information content (AvgIpc) is 3.18. The number of aromatic amines is 1. The summed E-state index contributed by atoms with van der Waals surface area (Å²) >= 11 is 11.0. The maximum absolute atomic E-state index is 5.94. The van der Waals surface area contributed by atoms with E-state index in [1.165, 1.54) is 0 Å². The second-order valence-corrected chi connectivity index (χ2v) is 7.93. The van der Waals surface area contributed by atoms with Gasteiger partial charge < -0.3 is 4.98 Å². The number of aromatic nitrogens is 2. The number of hydrogen-bond donors (Lipinski definition) is 1. The number of thiazole rings is 1. The molecule has 0 unspecified atom stereocenters. The Morgan fingerprint density at radius 1 is 1.19 bits per heavy atom. The first kappa shape index (κ1) is 17.3. The maximum Gasteiger partial charge on any atom is 0.211 e. The predicted molar refractivity (Wildman–Crippen MR) is 113 cm³/mol. The van der Waals surface area contributed by atoms with E-state index in [2.05, 4.69) is 37.1 Å². The first-order valence-electron chi connectivity index (χ1n) is 7.88. The summed E-state index contributed by atoms with van der Waals surface area (Å²) in [6.45, 7) is 2.01. The number of hydrogen-bond acceptors (Lipinski definition) is 3. The van der Waals surface area contributed by atoms with E-state index in [1.807, 2.05) is 65.8 Å². The van der Waals surface area contributed by atoms with Crippen molar-refractivity contribution in [2.75, 3.05) is 0 Å². The van der Waals surface area contributed by atoms with Gasteiger partial charge in [-0.25, -0.2) is 9.67 Å². The lowest BCUT2D eigenvalue weighted by molar-refractivity contribution is 0.810. The summed E-state index contributed by atoms with van der Waals surface area (Å²) in [6.07, 6.45) is 3.81. The van der Waals surface area contributed by atoms with Gasteiger partial charge in [0.25, 0.3) is 0 Å². The number of rotatable bonds is 3. The molecule has 0 aliphatic carbocycles. The van der Waals surface area contributed by atoms with Crippen molar-refractivity contribution < 1.29 is 0 Å². The summed E-state index contributed by atoms with van der Waals surface area (Å²) in [7, 11) is 0. The van der Waals surface area contributed by atoms with E-state index in [0.717, 1.165) is 37.1 Å². The summed E-state index contributed by atoms with van der Waals surface area (Å²) < 4.78 is 2.88. The van der Waals surface area contributed by atoms with E-state index >= 15 is 0 Å². The van der Waals surface area contributed by atoms with Crippen LogP contribution in [0.5, 0.6) is 0 Å². The van der Waals surface area contributed by atoms with Gasteiger partial charge in [0.2, 0.25) is 4.80 Å². The third kappa shape index (κ3) is 3.53. The van der Waals surface area contributed by atoms with Crippen LogP contribution in [0.15, 0.2) is 68.6 Å². The number of nitrogens with one attached hydrogen (secondary N) is 1. The van der Waals surface area contributed by atoms with Gasteiger partial charge in [-0.15, -0.1) is 11.3 Å². The molecule has 0 bridgehead atoms. The molecule has 4 nitrogen and oxygen atoms in total. The van der Waals surface area contributed by atoms with Gasteiger partial charge >= 0.3 is 0 Å². The molecule has 0 aliphatic heterocycles. The topological polar surface area (TPSA) is 45.4 Å². The molecule has 0 amide bonds. The molecule has 0 spiro atoms. The lowest BCUT2D eigenvalue weighted by Gasteiger charge is -1.98. The van der Waals surface area contributed by atoms with E-state index in [-0.39, 0.29) is 0 Å². The first-order valence-corrected chi connectivity index (χ1v) is 9.94. The Kier molecular flexibility index (Phi) is 4.80. The van der Waals surface area contributed by atoms with Gasteiger partial charge in [0.05, 0.1) is 17.6 Å². The van der Waals surface area contributed by atoms with Crippen LogP contribution in [0.4, 0.5) is 5.69 Å². The lowest BCUT2D eigenvalue weighted by atomic mass is 10.2. The Labute approximate surface area is 167 Å². The van der Waals surface area contributed by atoms with Gasteiger partial charge in [-0.05, 0) is 49.4 Å². The van der Waals surface area contributed by atoms with Crippen LogP contribution >= 0.6 is 38.9 Å². The second-order valence-electron chi connectivity index (χ2n) is 5.74. The summed E-state index contributed by atoms with van der Waals surface area (Å²) in [5.41, 5.74) is 3.97. The van der Waals surface area contributed by atoms with Gasteiger partial charge in [0.15, 0.2) is 0 Å². The molecule has 0 radical (unpaired) electrons. The van der Waals surface area contributed by atoms with Crippen molar-refractivity contribution in [2.45, 2.75) is 6.92 Å². The largest absolute Gasteiger partial charge is 0.361 e. The SMILES string of the molecule is Cc1csc(=Nc2ccc(Cl)cc2)n1N=Cc1c[nH]c2ccc(Br)cc12. The number of H-pyrrole nitrogens is 1. The van der Waals surface area contributed by atoms with Crippen LogP contribution in [0.1, 0.15) is 11.3 Å². The lowest BCUT2D eigenvalue weighted by Crippen LogP contribution is -2.11. The van der Waals surface area contributed by atoms with Gasteiger partial charge in [0, 0.05) is 37.5 Å². The summed E-state index contributed by atoms with van der Waals surface area (Å²) in [5, 5.41) is 8.50. The fourth-order valence-electron chi connectivity index (χ4n) is 2.57. The average molecular weight is 446 g/mol. The zero-order valence-corrected chi connectivity index (χ0v) is 16.9. The van der Waals surface area contributed by atoms with Crippen molar-refractivity contribution in [3.63, 3.8) is 0 Å². The van der Waals surface area contributed by atoms with Crippen molar-refractivity contribution in [1.82, 2.24) is 9.66 Å². The molecule has 0 saturated carbocycles. The zero-order valence-electron chi connectivity index (χ0n) is 13.8. The molecule has 7 heteroatoms. The van der Waals surface area contributed by atoms with Crippen LogP contribution < -0.4 is 4.80 Å². The van der Waals surface area contributed by atoms with Gasteiger partial charge in [0.1, 0.15) is 0 Å². The molecule has 4 aromatic rings. The number of aryl methyl sites for hydroxylation is 1. The minimum atomic E-state index is 0.697. The number of nitrogens with zero attached hydrogens (tertiary/aromatic N) is 3. The van der Waals surface area contributed by atoms with E-state index in [4.69, 9.17) is 11.6 Å². The highest BCUT2D eigenvalue weighted by molar-refractivity contribution is 9.10. The van der Waals surface area contributed by atoms with Crippen molar-refractivity contribution in [3.05, 3.63) is 79.6 Å². The Morgan fingerprint density at radius 2 is 2.00 bits per heavy atom. The Bertz CT molecular complexity index is 1170.